The van der Waals surface area contributed by atoms with Crippen LogP contribution in [0, 0.1) is 12.5 Å². The predicted molar refractivity (Wildman–Crippen MR) is 30.8 cm³/mol. The minimum Gasteiger partial charge on any atom is -0.454 e. The topological polar surface area (TPSA) is 18.5 Å². The zero-order valence-corrected chi connectivity index (χ0v) is 4.89. The molecule has 2 aliphatic rings. The molecule has 2 radical (unpaired) electrons. The third-order valence-electron chi connectivity index (χ3n) is 1.30. The van der Waals surface area contributed by atoms with Crippen LogP contribution in [0.4, 0.5) is 0 Å². The SMILES string of the molecule is [C]1=C2OCOC2=CC[CH]1. The smallest absolute Gasteiger partial charge is 0.231 e. The van der Waals surface area contributed by atoms with Gasteiger partial charge in [0.1, 0.15) is 0 Å². The van der Waals surface area contributed by atoms with Crippen molar-refractivity contribution in [3.05, 3.63) is 30.1 Å². The molecule has 0 aromatic heterocycles. The quantitative estimate of drug-likeness (QED) is 0.480. The van der Waals surface area contributed by atoms with E-state index in [9.17, 15) is 0 Å². The Morgan fingerprint density at radius 3 is 3.33 bits per heavy atom. The van der Waals surface area contributed by atoms with Gasteiger partial charge < -0.3 is 9.47 Å². The van der Waals surface area contributed by atoms with E-state index in [4.69, 9.17) is 9.47 Å². The van der Waals surface area contributed by atoms with Gasteiger partial charge in [-0.3, -0.25) is 0 Å². The van der Waals surface area contributed by atoms with Gasteiger partial charge in [0, 0.05) is 6.08 Å². The van der Waals surface area contributed by atoms with E-state index >= 15 is 0 Å². The van der Waals surface area contributed by atoms with Gasteiger partial charge >= 0.3 is 0 Å². The summed E-state index contributed by atoms with van der Waals surface area (Å²) in [5, 5.41) is 0. The summed E-state index contributed by atoms with van der Waals surface area (Å²) in [6, 6.07) is 0. The molecule has 1 saturated heterocycles. The van der Waals surface area contributed by atoms with Gasteiger partial charge in [0.2, 0.25) is 6.79 Å². The maximum absolute atomic E-state index is 5.08. The van der Waals surface area contributed by atoms with Gasteiger partial charge in [0.15, 0.2) is 11.5 Å². The van der Waals surface area contributed by atoms with Crippen molar-refractivity contribution >= 4 is 0 Å². The standard InChI is InChI=1S/C7H6O2/c1-2-4-7-6(3-1)8-5-9-7/h1,4H,2,5H2. The van der Waals surface area contributed by atoms with Gasteiger partial charge in [-0.2, -0.15) is 0 Å². The van der Waals surface area contributed by atoms with Crippen molar-refractivity contribution in [1.29, 1.82) is 0 Å². The fraction of sp³-hybridized carbons (Fsp3) is 0.286. The lowest BCUT2D eigenvalue weighted by Crippen LogP contribution is -1.89. The van der Waals surface area contributed by atoms with E-state index in [-0.39, 0.29) is 0 Å². The molecule has 1 aliphatic heterocycles. The zero-order valence-electron chi connectivity index (χ0n) is 4.89. The molecule has 1 aliphatic carbocycles. The largest absolute Gasteiger partial charge is 0.454 e. The van der Waals surface area contributed by atoms with Crippen LogP contribution in [0.25, 0.3) is 0 Å². The molecule has 0 amide bonds. The monoisotopic (exact) mass is 122 g/mol. The highest BCUT2D eigenvalue weighted by Crippen LogP contribution is 2.24. The van der Waals surface area contributed by atoms with Crippen LogP contribution in [0.5, 0.6) is 0 Å². The number of allylic oxidation sites excluding steroid dienone is 2. The molecule has 0 aromatic carbocycles. The average Bonchev–Trinajstić information content (AvgIpc) is 2.33. The molecule has 0 unspecified atom stereocenters. The molecule has 1 heterocycles. The van der Waals surface area contributed by atoms with E-state index in [0.717, 1.165) is 17.9 Å². The van der Waals surface area contributed by atoms with Gasteiger partial charge in [0.25, 0.3) is 0 Å². The minimum absolute atomic E-state index is 0.349. The molecule has 0 atom stereocenters. The van der Waals surface area contributed by atoms with Crippen LogP contribution in [0.1, 0.15) is 6.42 Å². The molecule has 0 saturated carbocycles. The Bertz CT molecular complexity index is 159. The average molecular weight is 122 g/mol. The summed E-state index contributed by atoms with van der Waals surface area (Å²) in [6.07, 6.45) is 7.77. The summed E-state index contributed by atoms with van der Waals surface area (Å²) in [6.45, 7) is 0.349. The van der Waals surface area contributed by atoms with Gasteiger partial charge in [-0.25, -0.2) is 0 Å². The highest BCUT2D eigenvalue weighted by atomic mass is 16.7. The van der Waals surface area contributed by atoms with E-state index in [2.05, 4.69) is 6.08 Å². The van der Waals surface area contributed by atoms with E-state index in [0.29, 0.717) is 6.79 Å². The Morgan fingerprint density at radius 1 is 1.44 bits per heavy atom. The van der Waals surface area contributed by atoms with Crippen molar-refractivity contribution < 1.29 is 9.47 Å². The first-order valence-electron chi connectivity index (χ1n) is 2.88. The highest BCUT2D eigenvalue weighted by molar-refractivity contribution is 5.26. The van der Waals surface area contributed by atoms with Crippen molar-refractivity contribution in [2.24, 2.45) is 0 Å². The summed E-state index contributed by atoms with van der Waals surface area (Å²) in [5.41, 5.74) is 0. The molecule has 2 heteroatoms. The molecule has 1 fully saturated rings. The molecule has 0 aromatic rings. The Hall–Kier alpha value is -0.920. The van der Waals surface area contributed by atoms with Gasteiger partial charge in [0.05, 0.1) is 0 Å². The van der Waals surface area contributed by atoms with E-state index in [1.807, 2.05) is 12.5 Å². The maximum Gasteiger partial charge on any atom is 0.231 e. The van der Waals surface area contributed by atoms with E-state index < -0.39 is 0 Å². The number of fused-ring (bicyclic) bond motifs is 1. The lowest BCUT2D eigenvalue weighted by atomic mass is 10.1. The predicted octanol–water partition coefficient (Wildman–Crippen LogP) is 1.17. The second-order valence-electron chi connectivity index (χ2n) is 1.89. The Morgan fingerprint density at radius 2 is 2.44 bits per heavy atom. The van der Waals surface area contributed by atoms with Crippen LogP contribution >= 0.6 is 0 Å². The molecule has 0 bridgehead atoms. The first kappa shape index (κ1) is 4.91. The summed E-state index contributed by atoms with van der Waals surface area (Å²) < 4.78 is 10.1. The molecule has 2 rings (SSSR count). The van der Waals surface area contributed by atoms with Crippen molar-refractivity contribution in [2.45, 2.75) is 6.42 Å². The van der Waals surface area contributed by atoms with E-state index in [1.54, 1.807) is 0 Å². The first-order chi connectivity index (χ1) is 4.47. The second kappa shape index (κ2) is 1.79. The summed E-state index contributed by atoms with van der Waals surface area (Å²) in [7, 11) is 0. The Kier molecular flexibility index (Phi) is 0.979. The molecule has 0 N–H and O–H groups in total. The van der Waals surface area contributed by atoms with Gasteiger partial charge in [-0.15, -0.1) is 0 Å². The second-order valence-corrected chi connectivity index (χ2v) is 1.89. The Labute approximate surface area is 53.8 Å². The lowest BCUT2D eigenvalue weighted by Gasteiger charge is -2.00. The Balaban J connectivity index is 2.30. The summed E-state index contributed by atoms with van der Waals surface area (Å²) >= 11 is 0. The molecular formula is C7H6O2. The molecule has 0 spiro atoms. The number of ether oxygens (including phenoxy) is 2. The number of rotatable bonds is 0. The summed E-state index contributed by atoms with van der Waals surface area (Å²) in [4.78, 5) is 0. The summed E-state index contributed by atoms with van der Waals surface area (Å²) in [5.74, 6) is 1.60. The van der Waals surface area contributed by atoms with Crippen molar-refractivity contribution in [2.75, 3.05) is 6.79 Å². The third-order valence-corrected chi connectivity index (χ3v) is 1.30. The highest BCUT2D eigenvalue weighted by Gasteiger charge is 2.17. The van der Waals surface area contributed by atoms with Crippen molar-refractivity contribution in [3.8, 4) is 0 Å². The van der Waals surface area contributed by atoms with Gasteiger partial charge in [-0.05, 0) is 18.9 Å². The van der Waals surface area contributed by atoms with Crippen molar-refractivity contribution in [3.63, 3.8) is 0 Å². The van der Waals surface area contributed by atoms with Crippen LogP contribution in [-0.4, -0.2) is 6.79 Å². The van der Waals surface area contributed by atoms with Gasteiger partial charge in [-0.1, -0.05) is 0 Å². The zero-order chi connectivity index (χ0) is 6.10. The third kappa shape index (κ3) is 0.707. The molecular weight excluding hydrogens is 116 g/mol. The fourth-order valence-electron chi connectivity index (χ4n) is 0.871. The van der Waals surface area contributed by atoms with E-state index in [1.165, 1.54) is 0 Å². The van der Waals surface area contributed by atoms with Crippen LogP contribution in [-0.2, 0) is 9.47 Å². The minimum atomic E-state index is 0.349. The molecule has 9 heavy (non-hydrogen) atoms. The van der Waals surface area contributed by atoms with Crippen LogP contribution < -0.4 is 0 Å². The normalized spacial score (nSPS) is 23.1. The molecule has 2 nitrogen and oxygen atoms in total. The fourth-order valence-corrected chi connectivity index (χ4v) is 0.871. The number of hydrogen-bond donors (Lipinski definition) is 0. The van der Waals surface area contributed by atoms with Crippen LogP contribution in [0.15, 0.2) is 17.6 Å². The first-order valence-corrected chi connectivity index (χ1v) is 2.88. The molecule has 46 valence electrons. The van der Waals surface area contributed by atoms with Crippen LogP contribution in [0.2, 0.25) is 0 Å². The van der Waals surface area contributed by atoms with Crippen LogP contribution in [0.3, 0.4) is 0 Å². The lowest BCUT2D eigenvalue weighted by molar-refractivity contribution is 0.0975. The van der Waals surface area contributed by atoms with Crippen molar-refractivity contribution in [1.82, 2.24) is 0 Å². The number of hydrogen-bond acceptors (Lipinski definition) is 2. The maximum atomic E-state index is 5.08.